The molecule has 1 N–H and O–H groups in total. The van der Waals surface area contributed by atoms with Crippen molar-refractivity contribution in [1.29, 1.82) is 0 Å². The van der Waals surface area contributed by atoms with Gasteiger partial charge in [-0.05, 0) is 24.8 Å². The van der Waals surface area contributed by atoms with E-state index < -0.39 is 33.4 Å². The highest BCUT2D eigenvalue weighted by Crippen LogP contribution is 2.31. The Morgan fingerprint density at radius 2 is 2.03 bits per heavy atom. The summed E-state index contributed by atoms with van der Waals surface area (Å²) < 4.78 is 27.7. The minimum atomic E-state index is -4.15. The van der Waals surface area contributed by atoms with Crippen LogP contribution in [0.15, 0.2) is 34.7 Å². The van der Waals surface area contributed by atoms with Gasteiger partial charge in [-0.2, -0.15) is 4.31 Å². The predicted molar refractivity (Wildman–Crippen MR) is 134 cm³/mol. The van der Waals surface area contributed by atoms with Crippen molar-refractivity contribution in [3.8, 4) is 0 Å². The van der Waals surface area contributed by atoms with Crippen molar-refractivity contribution in [1.82, 2.24) is 14.2 Å². The van der Waals surface area contributed by atoms with Gasteiger partial charge in [0.2, 0.25) is 21.8 Å². The molecule has 11 nitrogen and oxygen atoms in total. The number of amides is 2. The molecule has 0 bridgehead atoms. The van der Waals surface area contributed by atoms with Crippen LogP contribution in [0.4, 0.5) is 10.8 Å². The number of aromatic nitrogens is 1. The van der Waals surface area contributed by atoms with E-state index in [2.05, 4.69) is 10.3 Å². The van der Waals surface area contributed by atoms with Gasteiger partial charge in [0.25, 0.3) is 5.69 Å². The Bertz CT molecular complexity index is 1230. The van der Waals surface area contributed by atoms with Gasteiger partial charge >= 0.3 is 0 Å². The number of nitrogens with zero attached hydrogens (tertiary/aromatic N) is 4. The second-order valence-electron chi connectivity index (χ2n) is 9.21. The number of nitrogens with one attached hydrogen (secondary N) is 1. The summed E-state index contributed by atoms with van der Waals surface area (Å²) in [5, 5.41) is 16.2. The number of benzene rings is 1. The summed E-state index contributed by atoms with van der Waals surface area (Å²) >= 11 is 1.29. The standard InChI is InChI=1S/C23H29N5O6S2/c1-16-7-8-18(28(31)32)14-20(16)36(33,34)26-10-11-27(21(29)15-26)19(13-17-5-3-2-4-6-17)22(30)25-23-24-9-12-35-23/h7-9,12,14,17,19H,2-6,10-11,13,15H2,1H3,(H,24,25,30)/t19-/m0/s1. The molecule has 36 heavy (non-hydrogen) atoms. The van der Waals surface area contributed by atoms with E-state index in [4.69, 9.17) is 0 Å². The molecule has 1 aromatic carbocycles. The maximum Gasteiger partial charge on any atom is 0.270 e. The summed E-state index contributed by atoms with van der Waals surface area (Å²) in [6.45, 7) is 1.16. The molecule has 2 heterocycles. The van der Waals surface area contributed by atoms with Crippen molar-refractivity contribution in [3.05, 3.63) is 45.5 Å². The van der Waals surface area contributed by atoms with Gasteiger partial charge in [0, 0.05) is 36.8 Å². The van der Waals surface area contributed by atoms with E-state index in [1.165, 1.54) is 34.8 Å². The van der Waals surface area contributed by atoms with E-state index in [0.29, 0.717) is 23.0 Å². The molecule has 0 radical (unpaired) electrons. The topological polar surface area (TPSA) is 143 Å². The zero-order valence-corrected chi connectivity index (χ0v) is 21.6. The molecule has 1 aliphatic carbocycles. The van der Waals surface area contributed by atoms with E-state index in [-0.39, 0.29) is 29.6 Å². The van der Waals surface area contributed by atoms with E-state index in [1.807, 2.05) is 0 Å². The number of nitro groups is 1. The summed E-state index contributed by atoms with van der Waals surface area (Å²) in [4.78, 5) is 42.4. The van der Waals surface area contributed by atoms with Crippen LogP contribution in [-0.4, -0.2) is 65.0 Å². The molecular weight excluding hydrogens is 506 g/mol. The average molecular weight is 536 g/mol. The number of anilines is 1. The normalized spacial score (nSPS) is 18.7. The minimum Gasteiger partial charge on any atom is -0.328 e. The lowest BCUT2D eigenvalue weighted by atomic mass is 9.84. The predicted octanol–water partition coefficient (Wildman–Crippen LogP) is 3.17. The molecule has 13 heteroatoms. The Morgan fingerprint density at radius 1 is 1.28 bits per heavy atom. The van der Waals surface area contributed by atoms with Gasteiger partial charge in [-0.3, -0.25) is 19.7 Å². The molecule has 2 aliphatic rings. The smallest absolute Gasteiger partial charge is 0.270 e. The van der Waals surface area contributed by atoms with Crippen molar-refractivity contribution in [3.63, 3.8) is 0 Å². The van der Waals surface area contributed by atoms with Gasteiger partial charge in [-0.1, -0.05) is 38.2 Å². The first-order chi connectivity index (χ1) is 17.2. The molecule has 1 aliphatic heterocycles. The van der Waals surface area contributed by atoms with Crippen LogP contribution >= 0.6 is 11.3 Å². The van der Waals surface area contributed by atoms with Gasteiger partial charge in [0.05, 0.1) is 16.4 Å². The molecule has 2 fully saturated rings. The molecule has 0 spiro atoms. The summed E-state index contributed by atoms with van der Waals surface area (Å²) in [6, 6.07) is 2.92. The summed E-state index contributed by atoms with van der Waals surface area (Å²) in [5.74, 6) is -0.481. The fourth-order valence-electron chi connectivity index (χ4n) is 4.91. The van der Waals surface area contributed by atoms with Crippen LogP contribution in [0.2, 0.25) is 0 Å². The molecule has 2 aromatic rings. The third-order valence-corrected chi connectivity index (χ3v) is 9.52. The number of carbonyl (C=O) groups is 2. The molecule has 0 unspecified atom stereocenters. The molecule has 4 rings (SSSR count). The molecule has 1 saturated heterocycles. The number of thiazole rings is 1. The number of nitro benzene ring substituents is 1. The molecule has 2 amide bonds. The Labute approximate surface area is 213 Å². The maximum absolute atomic E-state index is 13.3. The van der Waals surface area contributed by atoms with Crippen molar-refractivity contribution >= 4 is 44.0 Å². The lowest BCUT2D eigenvalue weighted by Crippen LogP contribution is -2.58. The van der Waals surface area contributed by atoms with Crippen LogP contribution in [0, 0.1) is 23.0 Å². The number of piperazine rings is 1. The number of hydrogen-bond acceptors (Lipinski definition) is 8. The minimum absolute atomic E-state index is 0.0120. The van der Waals surface area contributed by atoms with E-state index >= 15 is 0 Å². The second kappa shape index (κ2) is 11.0. The maximum atomic E-state index is 13.3. The second-order valence-corrected chi connectivity index (χ2v) is 12.0. The van der Waals surface area contributed by atoms with Crippen molar-refractivity contribution in [2.24, 2.45) is 5.92 Å². The lowest BCUT2D eigenvalue weighted by Gasteiger charge is -2.39. The Morgan fingerprint density at radius 3 is 2.67 bits per heavy atom. The van der Waals surface area contributed by atoms with Gasteiger partial charge in [0.15, 0.2) is 5.13 Å². The summed E-state index contributed by atoms with van der Waals surface area (Å²) in [6.07, 6.45) is 7.44. The molecule has 1 aromatic heterocycles. The van der Waals surface area contributed by atoms with Gasteiger partial charge in [-0.25, -0.2) is 13.4 Å². The van der Waals surface area contributed by atoms with Crippen molar-refractivity contribution < 1.29 is 22.9 Å². The lowest BCUT2D eigenvalue weighted by molar-refractivity contribution is -0.385. The Balaban J connectivity index is 1.53. The molecule has 1 atom stereocenters. The van der Waals surface area contributed by atoms with E-state index in [0.717, 1.165) is 36.1 Å². The zero-order valence-electron chi connectivity index (χ0n) is 20.0. The Hall–Kier alpha value is -2.90. The van der Waals surface area contributed by atoms with E-state index in [9.17, 15) is 28.1 Å². The van der Waals surface area contributed by atoms with E-state index in [1.54, 1.807) is 18.5 Å². The third-order valence-electron chi connectivity index (χ3n) is 6.85. The first-order valence-corrected chi connectivity index (χ1v) is 14.2. The van der Waals surface area contributed by atoms with Crippen LogP contribution in [0.3, 0.4) is 0 Å². The number of aryl methyl sites for hydroxylation is 1. The SMILES string of the molecule is Cc1ccc([N+](=O)[O-])cc1S(=O)(=O)N1CCN([C@@H](CC2CCCCC2)C(=O)Nc2nccs2)C(=O)C1. The van der Waals surface area contributed by atoms with Crippen molar-refractivity contribution in [2.75, 3.05) is 25.0 Å². The quantitative estimate of drug-likeness (QED) is 0.404. The van der Waals surface area contributed by atoms with Gasteiger partial charge in [-0.15, -0.1) is 11.3 Å². The molecular formula is C23H29N5O6S2. The number of sulfonamides is 1. The monoisotopic (exact) mass is 535 g/mol. The highest BCUT2D eigenvalue weighted by molar-refractivity contribution is 7.89. The fraction of sp³-hybridized carbons (Fsp3) is 0.522. The third kappa shape index (κ3) is 5.73. The van der Waals surface area contributed by atoms with Crippen molar-refractivity contribution in [2.45, 2.75) is 56.4 Å². The number of carbonyl (C=O) groups excluding carboxylic acids is 2. The van der Waals surface area contributed by atoms with Crippen LogP contribution in [0.5, 0.6) is 0 Å². The average Bonchev–Trinajstić information content (AvgIpc) is 3.36. The molecule has 1 saturated carbocycles. The number of rotatable bonds is 8. The van der Waals surface area contributed by atoms with Gasteiger partial charge in [0.1, 0.15) is 6.04 Å². The van der Waals surface area contributed by atoms with Crippen LogP contribution in [-0.2, 0) is 19.6 Å². The number of hydrogen-bond donors (Lipinski definition) is 1. The Kier molecular flexibility index (Phi) is 8.00. The fourth-order valence-corrected chi connectivity index (χ4v) is 7.06. The number of non-ortho nitro benzene ring substituents is 1. The van der Waals surface area contributed by atoms with Crippen LogP contribution in [0.25, 0.3) is 0 Å². The van der Waals surface area contributed by atoms with Crippen LogP contribution in [0.1, 0.15) is 44.1 Å². The highest BCUT2D eigenvalue weighted by Gasteiger charge is 2.40. The summed E-state index contributed by atoms with van der Waals surface area (Å²) in [5.41, 5.74) is 0.0176. The largest absolute Gasteiger partial charge is 0.328 e. The molecule has 194 valence electrons. The highest BCUT2D eigenvalue weighted by atomic mass is 32.2. The zero-order chi connectivity index (χ0) is 25.9. The summed E-state index contributed by atoms with van der Waals surface area (Å²) in [7, 11) is -4.15. The first kappa shape index (κ1) is 26.2. The van der Waals surface area contributed by atoms with Crippen LogP contribution < -0.4 is 5.32 Å². The van der Waals surface area contributed by atoms with Gasteiger partial charge < -0.3 is 10.2 Å². The first-order valence-electron chi connectivity index (χ1n) is 11.9.